The summed E-state index contributed by atoms with van der Waals surface area (Å²) in [5.74, 6) is -1.48. The van der Waals surface area contributed by atoms with Gasteiger partial charge in [0.25, 0.3) is 0 Å². The zero-order valence-electron chi connectivity index (χ0n) is 11.2. The van der Waals surface area contributed by atoms with Crippen LogP contribution in [0.25, 0.3) is 0 Å². The molecule has 0 fully saturated rings. The van der Waals surface area contributed by atoms with Crippen LogP contribution in [-0.2, 0) is 6.42 Å². The zero-order chi connectivity index (χ0) is 13.4. The first-order valence-corrected chi connectivity index (χ1v) is 6.47. The molecule has 1 N–H and O–H groups in total. The van der Waals surface area contributed by atoms with Crippen molar-refractivity contribution in [2.75, 3.05) is 33.2 Å². The van der Waals surface area contributed by atoms with Gasteiger partial charge in [-0.15, -0.1) is 0 Å². The number of nitrogens with one attached hydrogen (secondary N) is 1. The molecule has 1 aromatic carbocycles. The molecule has 4 heteroatoms. The second kappa shape index (κ2) is 8.16. The van der Waals surface area contributed by atoms with Gasteiger partial charge >= 0.3 is 0 Å². The van der Waals surface area contributed by atoms with E-state index >= 15 is 0 Å². The van der Waals surface area contributed by atoms with E-state index in [0.717, 1.165) is 38.7 Å². The average Bonchev–Trinajstić information content (AvgIpc) is 2.36. The molecule has 0 heterocycles. The number of hydrogen-bond acceptors (Lipinski definition) is 2. The molecule has 1 rings (SSSR count). The first kappa shape index (κ1) is 15.1. The van der Waals surface area contributed by atoms with E-state index in [9.17, 15) is 8.78 Å². The molecule has 0 aliphatic carbocycles. The molecular formula is C14H22F2N2. The van der Waals surface area contributed by atoms with Crippen LogP contribution >= 0.6 is 0 Å². The Morgan fingerprint density at radius 3 is 2.67 bits per heavy atom. The van der Waals surface area contributed by atoms with E-state index in [1.54, 1.807) is 12.1 Å². The van der Waals surface area contributed by atoms with Gasteiger partial charge in [-0.2, -0.15) is 0 Å². The summed E-state index contributed by atoms with van der Waals surface area (Å²) in [4.78, 5) is 2.12. The molecule has 2 nitrogen and oxygen atoms in total. The van der Waals surface area contributed by atoms with Gasteiger partial charge in [-0.05, 0) is 38.1 Å². The third kappa shape index (κ3) is 5.10. The SMILES string of the molecule is CCCNCCN(C)CCc1cccc(F)c1F. The number of likely N-dealkylation sites (N-methyl/N-ethyl adjacent to an activating group) is 1. The summed E-state index contributed by atoms with van der Waals surface area (Å²) < 4.78 is 26.4. The maximum absolute atomic E-state index is 13.4. The van der Waals surface area contributed by atoms with Gasteiger partial charge in [0.2, 0.25) is 0 Å². The van der Waals surface area contributed by atoms with E-state index in [1.807, 2.05) is 7.05 Å². The van der Waals surface area contributed by atoms with Crippen LogP contribution in [0.5, 0.6) is 0 Å². The van der Waals surface area contributed by atoms with Gasteiger partial charge in [0.1, 0.15) is 0 Å². The highest BCUT2D eigenvalue weighted by molar-refractivity contribution is 5.19. The summed E-state index contributed by atoms with van der Waals surface area (Å²) >= 11 is 0. The van der Waals surface area contributed by atoms with Crippen LogP contribution < -0.4 is 5.32 Å². The van der Waals surface area contributed by atoms with Gasteiger partial charge in [-0.1, -0.05) is 19.1 Å². The molecule has 0 bridgehead atoms. The van der Waals surface area contributed by atoms with E-state index in [4.69, 9.17) is 0 Å². The summed E-state index contributed by atoms with van der Waals surface area (Å²) in [7, 11) is 1.99. The largest absolute Gasteiger partial charge is 0.315 e. The fourth-order valence-corrected chi connectivity index (χ4v) is 1.74. The van der Waals surface area contributed by atoms with Gasteiger partial charge < -0.3 is 10.2 Å². The Labute approximate surface area is 108 Å². The summed E-state index contributed by atoms with van der Waals surface area (Å²) in [5.41, 5.74) is 0.448. The molecule has 0 spiro atoms. The molecule has 0 radical (unpaired) electrons. The lowest BCUT2D eigenvalue weighted by Crippen LogP contribution is -2.31. The molecule has 1 aromatic rings. The normalized spacial score (nSPS) is 11.2. The van der Waals surface area contributed by atoms with E-state index < -0.39 is 11.6 Å². The Bertz CT molecular complexity index is 356. The molecule has 0 aliphatic rings. The molecule has 0 unspecified atom stereocenters. The molecule has 0 saturated carbocycles. The van der Waals surface area contributed by atoms with E-state index in [-0.39, 0.29) is 0 Å². The molecule has 102 valence electrons. The lowest BCUT2D eigenvalue weighted by molar-refractivity contribution is 0.333. The fourth-order valence-electron chi connectivity index (χ4n) is 1.74. The zero-order valence-corrected chi connectivity index (χ0v) is 11.2. The number of nitrogens with zero attached hydrogens (tertiary/aromatic N) is 1. The van der Waals surface area contributed by atoms with Gasteiger partial charge in [-0.25, -0.2) is 8.78 Å². The summed E-state index contributed by atoms with van der Waals surface area (Å²) in [6, 6.07) is 4.34. The minimum absolute atomic E-state index is 0.448. The standard InChI is InChI=1S/C14H22F2N2/c1-3-8-17-9-11-18(2)10-7-12-5-4-6-13(15)14(12)16/h4-6,17H,3,7-11H2,1-2H3. The van der Waals surface area contributed by atoms with Crippen LogP contribution in [0.3, 0.4) is 0 Å². The van der Waals surface area contributed by atoms with Crippen LogP contribution in [-0.4, -0.2) is 38.1 Å². The highest BCUT2D eigenvalue weighted by atomic mass is 19.2. The summed E-state index contributed by atoms with van der Waals surface area (Å²) in [6.07, 6.45) is 1.66. The van der Waals surface area contributed by atoms with E-state index in [0.29, 0.717) is 12.0 Å². The van der Waals surface area contributed by atoms with Crippen molar-refractivity contribution in [3.05, 3.63) is 35.4 Å². The Morgan fingerprint density at radius 1 is 1.17 bits per heavy atom. The predicted molar refractivity (Wildman–Crippen MR) is 70.7 cm³/mol. The first-order valence-electron chi connectivity index (χ1n) is 6.47. The summed E-state index contributed by atoms with van der Waals surface area (Å²) in [5, 5.41) is 3.31. The van der Waals surface area contributed by atoms with Gasteiger partial charge in [0.15, 0.2) is 11.6 Å². The lowest BCUT2D eigenvalue weighted by atomic mass is 10.1. The molecule has 0 saturated heterocycles. The number of benzene rings is 1. The third-order valence-corrected chi connectivity index (χ3v) is 2.89. The minimum Gasteiger partial charge on any atom is -0.315 e. The Kier molecular flexibility index (Phi) is 6.83. The van der Waals surface area contributed by atoms with Crippen molar-refractivity contribution in [2.24, 2.45) is 0 Å². The van der Waals surface area contributed by atoms with Crippen molar-refractivity contribution in [1.82, 2.24) is 10.2 Å². The quantitative estimate of drug-likeness (QED) is 0.719. The monoisotopic (exact) mass is 256 g/mol. The van der Waals surface area contributed by atoms with E-state index in [1.165, 1.54) is 0 Å². The van der Waals surface area contributed by atoms with Crippen LogP contribution in [0.1, 0.15) is 18.9 Å². The molecule has 0 aromatic heterocycles. The molecule has 0 amide bonds. The minimum atomic E-state index is -0.764. The van der Waals surface area contributed by atoms with Gasteiger partial charge in [-0.3, -0.25) is 0 Å². The molecule has 0 aliphatic heterocycles. The number of halogens is 2. The second-order valence-electron chi connectivity index (χ2n) is 4.52. The van der Waals surface area contributed by atoms with Crippen molar-refractivity contribution in [1.29, 1.82) is 0 Å². The highest BCUT2D eigenvalue weighted by Crippen LogP contribution is 2.11. The van der Waals surface area contributed by atoms with Crippen LogP contribution in [0.2, 0.25) is 0 Å². The molecular weight excluding hydrogens is 234 g/mol. The fraction of sp³-hybridized carbons (Fsp3) is 0.571. The van der Waals surface area contributed by atoms with Crippen molar-refractivity contribution in [3.8, 4) is 0 Å². The maximum atomic E-state index is 13.4. The Morgan fingerprint density at radius 2 is 1.94 bits per heavy atom. The van der Waals surface area contributed by atoms with Gasteiger partial charge in [0.05, 0.1) is 0 Å². The number of rotatable bonds is 8. The molecule has 0 atom stereocenters. The molecule has 18 heavy (non-hydrogen) atoms. The van der Waals surface area contributed by atoms with Crippen molar-refractivity contribution in [3.63, 3.8) is 0 Å². The van der Waals surface area contributed by atoms with Crippen LogP contribution in [0.4, 0.5) is 8.78 Å². The topological polar surface area (TPSA) is 15.3 Å². The third-order valence-electron chi connectivity index (χ3n) is 2.89. The van der Waals surface area contributed by atoms with Crippen molar-refractivity contribution >= 4 is 0 Å². The second-order valence-corrected chi connectivity index (χ2v) is 4.52. The van der Waals surface area contributed by atoms with E-state index in [2.05, 4.69) is 17.1 Å². The van der Waals surface area contributed by atoms with Crippen molar-refractivity contribution in [2.45, 2.75) is 19.8 Å². The van der Waals surface area contributed by atoms with Crippen LogP contribution in [0.15, 0.2) is 18.2 Å². The van der Waals surface area contributed by atoms with Crippen LogP contribution in [0, 0.1) is 11.6 Å². The Balaban J connectivity index is 2.29. The summed E-state index contributed by atoms with van der Waals surface area (Å²) in [6.45, 7) is 5.72. The maximum Gasteiger partial charge on any atom is 0.162 e. The average molecular weight is 256 g/mol. The van der Waals surface area contributed by atoms with Crippen molar-refractivity contribution < 1.29 is 8.78 Å². The predicted octanol–water partition coefficient (Wildman–Crippen LogP) is 2.44. The van der Waals surface area contributed by atoms with Gasteiger partial charge in [0, 0.05) is 19.6 Å². The smallest absolute Gasteiger partial charge is 0.162 e. The first-order chi connectivity index (χ1) is 8.65. The lowest BCUT2D eigenvalue weighted by Gasteiger charge is -2.17. The highest BCUT2D eigenvalue weighted by Gasteiger charge is 2.08. The number of hydrogen-bond donors (Lipinski definition) is 1. The Hall–Kier alpha value is -1.00.